The van der Waals surface area contributed by atoms with E-state index in [1.54, 1.807) is 30.3 Å². The van der Waals surface area contributed by atoms with Crippen LogP contribution in [0.1, 0.15) is 51.3 Å². The summed E-state index contributed by atoms with van der Waals surface area (Å²) in [6.07, 6.45) is 2.19. The van der Waals surface area contributed by atoms with E-state index in [9.17, 15) is 9.59 Å². The van der Waals surface area contributed by atoms with Gasteiger partial charge in [-0.25, -0.2) is 0 Å². The fourth-order valence-corrected chi connectivity index (χ4v) is 3.45. The smallest absolute Gasteiger partial charge is 0.373 e. The number of hydrogen-bond acceptors (Lipinski definition) is 5. The largest absolute Gasteiger partial charge is 0.384 e. The van der Waals surface area contributed by atoms with E-state index in [0.717, 1.165) is 22.3 Å². The number of amides is 1. The number of ketones is 1. The molecule has 0 saturated heterocycles. The molecular formula is C29H29N3O4. The number of nitrogen functional groups attached to an aromatic ring is 1. The van der Waals surface area contributed by atoms with E-state index in [2.05, 4.69) is 11.9 Å². The minimum absolute atomic E-state index is 0.00446. The average molecular weight is 484 g/mol. The lowest BCUT2D eigenvalue weighted by Gasteiger charge is -2.12. The van der Waals surface area contributed by atoms with E-state index < -0.39 is 0 Å². The number of nitrogens with two attached hydrogens (primary N) is 1. The molecule has 7 nitrogen and oxygen atoms in total. The van der Waals surface area contributed by atoms with E-state index in [4.69, 9.17) is 20.7 Å². The lowest BCUT2D eigenvalue weighted by molar-refractivity contribution is -0.191. The fraction of sp³-hybridized carbons (Fsp3) is 0.172. The van der Waals surface area contributed by atoms with Crippen molar-refractivity contribution in [1.29, 1.82) is 5.41 Å². The maximum atomic E-state index is 13.3. The van der Waals surface area contributed by atoms with Gasteiger partial charge >= 0.3 is 6.15 Å². The Hall–Kier alpha value is -4.61. The summed E-state index contributed by atoms with van der Waals surface area (Å²) in [6, 6.07) is 20.1. The Balaban J connectivity index is 0.00000145. The van der Waals surface area contributed by atoms with Gasteiger partial charge in [-0.1, -0.05) is 75.0 Å². The van der Waals surface area contributed by atoms with Crippen LogP contribution in [0.15, 0.2) is 73.3 Å². The molecule has 0 aromatic heterocycles. The molecule has 3 rings (SSSR count). The standard InChI is InChI=1S/C28H29N3O2.CO2/c1-4-19-7-14-24(21-10-12-23(13-11-21)28(33)31-17-18(2)3)25(15-19)26(32)16-20-5-8-22(9-6-20)27(29)30;2-1-3/h4-15,18H,1,16-17H2,2-3H3,(H3,29,30)(H,31,33);. The van der Waals surface area contributed by atoms with Gasteiger partial charge in [0.1, 0.15) is 5.84 Å². The van der Waals surface area contributed by atoms with Crippen molar-refractivity contribution >= 4 is 29.8 Å². The maximum absolute atomic E-state index is 13.3. The lowest BCUT2D eigenvalue weighted by Crippen LogP contribution is -2.27. The molecule has 1 amide bonds. The van der Waals surface area contributed by atoms with Crippen LogP contribution < -0.4 is 11.1 Å². The molecule has 184 valence electrons. The number of rotatable bonds is 9. The van der Waals surface area contributed by atoms with Crippen molar-refractivity contribution in [3.05, 3.63) is 101 Å². The summed E-state index contributed by atoms with van der Waals surface area (Å²) in [6.45, 7) is 8.53. The molecule has 0 unspecified atom stereocenters. The van der Waals surface area contributed by atoms with Gasteiger partial charge in [0.25, 0.3) is 5.91 Å². The first-order valence-electron chi connectivity index (χ1n) is 11.3. The highest BCUT2D eigenvalue weighted by Crippen LogP contribution is 2.27. The Morgan fingerprint density at radius 1 is 1.00 bits per heavy atom. The van der Waals surface area contributed by atoms with Gasteiger partial charge in [0.2, 0.25) is 0 Å². The van der Waals surface area contributed by atoms with Crippen LogP contribution in [-0.4, -0.2) is 30.2 Å². The minimum atomic E-state index is -0.109. The van der Waals surface area contributed by atoms with Crippen molar-refractivity contribution in [1.82, 2.24) is 5.32 Å². The van der Waals surface area contributed by atoms with Gasteiger partial charge < -0.3 is 11.1 Å². The first-order valence-corrected chi connectivity index (χ1v) is 11.3. The SMILES string of the molecule is C=Cc1ccc(-c2ccc(C(=O)NCC(C)C)cc2)c(C(=O)Cc2ccc(C(=N)N)cc2)c1.O=C=O. The number of amidine groups is 1. The van der Waals surface area contributed by atoms with Crippen molar-refractivity contribution in [2.75, 3.05) is 6.54 Å². The Morgan fingerprint density at radius 2 is 1.58 bits per heavy atom. The second-order valence-electron chi connectivity index (χ2n) is 8.48. The van der Waals surface area contributed by atoms with Crippen LogP contribution in [0.5, 0.6) is 0 Å². The lowest BCUT2D eigenvalue weighted by atomic mass is 9.92. The van der Waals surface area contributed by atoms with Crippen LogP contribution in [0.3, 0.4) is 0 Å². The van der Waals surface area contributed by atoms with Crippen LogP contribution >= 0.6 is 0 Å². The highest BCUT2D eigenvalue weighted by atomic mass is 16.2. The number of nitrogens with one attached hydrogen (secondary N) is 2. The minimum Gasteiger partial charge on any atom is -0.384 e. The van der Waals surface area contributed by atoms with E-state index in [1.165, 1.54) is 0 Å². The molecule has 0 spiro atoms. The predicted molar refractivity (Wildman–Crippen MR) is 140 cm³/mol. The summed E-state index contributed by atoms with van der Waals surface area (Å²) in [5, 5.41) is 10.4. The number of carbonyl (C=O) groups excluding carboxylic acids is 4. The third-order valence-corrected chi connectivity index (χ3v) is 5.34. The second-order valence-corrected chi connectivity index (χ2v) is 8.48. The molecule has 0 heterocycles. The van der Waals surface area contributed by atoms with E-state index >= 15 is 0 Å². The molecule has 36 heavy (non-hydrogen) atoms. The Morgan fingerprint density at radius 3 is 2.11 bits per heavy atom. The quantitative estimate of drug-likeness (QED) is 0.234. The molecule has 7 heteroatoms. The zero-order chi connectivity index (χ0) is 26.7. The van der Waals surface area contributed by atoms with Crippen LogP contribution in [0.2, 0.25) is 0 Å². The zero-order valence-corrected chi connectivity index (χ0v) is 20.3. The highest BCUT2D eigenvalue weighted by molar-refractivity contribution is 6.04. The molecule has 0 bridgehead atoms. The van der Waals surface area contributed by atoms with Gasteiger partial charge in [-0.3, -0.25) is 15.0 Å². The van der Waals surface area contributed by atoms with Crippen LogP contribution in [0, 0.1) is 11.3 Å². The van der Waals surface area contributed by atoms with E-state index in [1.807, 2.05) is 56.3 Å². The van der Waals surface area contributed by atoms with Crippen molar-refractivity contribution < 1.29 is 19.2 Å². The fourth-order valence-electron chi connectivity index (χ4n) is 3.45. The van der Waals surface area contributed by atoms with Crippen molar-refractivity contribution in [3.8, 4) is 11.1 Å². The van der Waals surface area contributed by atoms with Crippen LogP contribution in [0.25, 0.3) is 17.2 Å². The first kappa shape index (κ1) is 27.6. The van der Waals surface area contributed by atoms with Gasteiger partial charge in [0, 0.05) is 29.7 Å². The van der Waals surface area contributed by atoms with Crippen molar-refractivity contribution in [2.45, 2.75) is 20.3 Å². The third-order valence-electron chi connectivity index (χ3n) is 5.34. The van der Waals surface area contributed by atoms with Crippen molar-refractivity contribution in [3.63, 3.8) is 0 Å². The van der Waals surface area contributed by atoms with Crippen LogP contribution in [-0.2, 0) is 16.0 Å². The molecule has 0 aliphatic rings. The number of benzene rings is 3. The highest BCUT2D eigenvalue weighted by Gasteiger charge is 2.15. The summed E-state index contributed by atoms with van der Waals surface area (Å²) >= 11 is 0. The van der Waals surface area contributed by atoms with Gasteiger partial charge in [0.05, 0.1) is 0 Å². The van der Waals surface area contributed by atoms with E-state index in [0.29, 0.717) is 29.2 Å². The summed E-state index contributed by atoms with van der Waals surface area (Å²) in [7, 11) is 0. The predicted octanol–water partition coefficient (Wildman–Crippen LogP) is 4.51. The van der Waals surface area contributed by atoms with E-state index in [-0.39, 0.29) is 30.1 Å². The van der Waals surface area contributed by atoms with Crippen LogP contribution in [0.4, 0.5) is 0 Å². The number of carbonyl (C=O) groups is 2. The molecule has 0 fully saturated rings. The number of hydrogen-bond donors (Lipinski definition) is 3. The monoisotopic (exact) mass is 483 g/mol. The second kappa shape index (κ2) is 13.3. The summed E-state index contributed by atoms with van der Waals surface area (Å²) in [5.74, 6) is 0.240. The molecule has 0 aliphatic heterocycles. The number of Topliss-reactive ketones (excluding diaryl/α,β-unsaturated/α-hetero) is 1. The zero-order valence-electron chi connectivity index (χ0n) is 20.3. The first-order chi connectivity index (χ1) is 17.2. The molecule has 3 aromatic rings. The Bertz CT molecular complexity index is 1270. The van der Waals surface area contributed by atoms with Crippen molar-refractivity contribution in [2.24, 2.45) is 11.7 Å². The molecule has 4 N–H and O–H groups in total. The Labute approximate surface area is 210 Å². The van der Waals surface area contributed by atoms with Gasteiger partial charge in [0.15, 0.2) is 5.78 Å². The molecular weight excluding hydrogens is 454 g/mol. The van der Waals surface area contributed by atoms with Gasteiger partial charge in [-0.05, 0) is 46.4 Å². The maximum Gasteiger partial charge on any atom is 0.373 e. The van der Waals surface area contributed by atoms with Gasteiger partial charge in [-0.2, -0.15) is 9.59 Å². The topological polar surface area (TPSA) is 130 Å². The van der Waals surface area contributed by atoms with Gasteiger partial charge in [-0.15, -0.1) is 0 Å². The molecule has 3 aromatic carbocycles. The molecule has 0 atom stereocenters. The third kappa shape index (κ3) is 7.72. The summed E-state index contributed by atoms with van der Waals surface area (Å²) in [5.41, 5.74) is 10.7. The Kier molecular flexibility index (Phi) is 10.2. The summed E-state index contributed by atoms with van der Waals surface area (Å²) < 4.78 is 0. The molecule has 0 radical (unpaired) electrons. The normalized spacial score (nSPS) is 9.97. The molecule has 0 aliphatic carbocycles. The summed E-state index contributed by atoms with van der Waals surface area (Å²) in [4.78, 5) is 41.8. The molecule has 0 saturated carbocycles. The average Bonchev–Trinajstić information content (AvgIpc) is 2.87.